The normalized spacial score (nSPS) is 17.5. The molecule has 1 rings (SSSR count). The van der Waals surface area contributed by atoms with Crippen LogP contribution in [0.25, 0.3) is 0 Å². The fraction of sp³-hybridized carbons (Fsp3) is 1.00. The Labute approximate surface area is 108 Å². The van der Waals surface area contributed by atoms with E-state index in [1.807, 2.05) is 0 Å². The van der Waals surface area contributed by atoms with E-state index in [1.165, 1.54) is 51.6 Å². The average Bonchev–Trinajstić information content (AvgIpc) is 2.15. The minimum atomic E-state index is 0.279. The summed E-state index contributed by atoms with van der Waals surface area (Å²) in [4.78, 5) is 2.53. The van der Waals surface area contributed by atoms with Gasteiger partial charge in [-0.1, -0.05) is 12.8 Å². The molecule has 0 radical (unpaired) electrons. The van der Waals surface area contributed by atoms with Gasteiger partial charge in [0.25, 0.3) is 0 Å². The summed E-state index contributed by atoms with van der Waals surface area (Å²) in [5.74, 6) is 1.02. The highest BCUT2D eigenvalue weighted by molar-refractivity contribution is 4.72. The van der Waals surface area contributed by atoms with Gasteiger partial charge in [0.1, 0.15) is 0 Å². The van der Waals surface area contributed by atoms with Crippen molar-refractivity contribution < 1.29 is 0 Å². The Morgan fingerprint density at radius 1 is 1.12 bits per heavy atom. The number of nitrogens with one attached hydrogen (secondary N) is 1. The zero-order valence-electron chi connectivity index (χ0n) is 12.4. The second-order valence-corrected chi connectivity index (χ2v) is 6.80. The third-order valence-electron chi connectivity index (χ3n) is 3.67. The van der Waals surface area contributed by atoms with Crippen molar-refractivity contribution in [3.8, 4) is 0 Å². The molecule has 0 aliphatic heterocycles. The van der Waals surface area contributed by atoms with E-state index < -0.39 is 0 Å². The van der Waals surface area contributed by atoms with E-state index in [0.29, 0.717) is 0 Å². The number of hydrogen-bond donors (Lipinski definition) is 1. The molecular formula is C15H32N2. The molecular weight excluding hydrogens is 208 g/mol. The van der Waals surface area contributed by atoms with Crippen LogP contribution in [0.5, 0.6) is 0 Å². The minimum Gasteiger partial charge on any atom is -0.312 e. The van der Waals surface area contributed by atoms with Crippen molar-refractivity contribution in [3.63, 3.8) is 0 Å². The van der Waals surface area contributed by atoms with Crippen LogP contribution < -0.4 is 5.32 Å². The lowest BCUT2D eigenvalue weighted by molar-refractivity contribution is 0.203. The molecule has 1 N–H and O–H groups in total. The number of hydrogen-bond acceptors (Lipinski definition) is 2. The number of nitrogens with zero attached hydrogens (tertiary/aromatic N) is 1. The first-order valence-corrected chi connectivity index (χ1v) is 7.41. The highest BCUT2D eigenvalue weighted by atomic mass is 15.1. The largest absolute Gasteiger partial charge is 0.312 e. The molecule has 0 unspecified atom stereocenters. The van der Waals surface area contributed by atoms with Crippen LogP contribution in [0.1, 0.15) is 59.3 Å². The molecule has 0 aromatic heterocycles. The van der Waals surface area contributed by atoms with Crippen LogP contribution in [0.15, 0.2) is 0 Å². The van der Waals surface area contributed by atoms with Crippen molar-refractivity contribution >= 4 is 0 Å². The monoisotopic (exact) mass is 240 g/mol. The molecule has 1 fully saturated rings. The van der Waals surface area contributed by atoms with Crippen LogP contribution in [-0.4, -0.2) is 37.1 Å². The van der Waals surface area contributed by atoms with E-state index >= 15 is 0 Å². The molecule has 0 spiro atoms. The Morgan fingerprint density at radius 3 is 2.35 bits per heavy atom. The fourth-order valence-electron chi connectivity index (χ4n) is 2.35. The quantitative estimate of drug-likeness (QED) is 0.655. The maximum absolute atomic E-state index is 3.55. The van der Waals surface area contributed by atoms with E-state index in [4.69, 9.17) is 0 Å². The van der Waals surface area contributed by atoms with E-state index in [9.17, 15) is 0 Å². The first kappa shape index (κ1) is 15.0. The van der Waals surface area contributed by atoms with Crippen LogP contribution in [0.2, 0.25) is 0 Å². The number of unbranched alkanes of at least 4 members (excludes halogenated alkanes) is 2. The zero-order valence-corrected chi connectivity index (χ0v) is 12.4. The molecule has 0 atom stereocenters. The second kappa shape index (κ2) is 7.38. The first-order chi connectivity index (χ1) is 7.97. The summed E-state index contributed by atoms with van der Waals surface area (Å²) in [5, 5.41) is 3.55. The van der Waals surface area contributed by atoms with Gasteiger partial charge in [0.15, 0.2) is 0 Å². The van der Waals surface area contributed by atoms with Gasteiger partial charge in [0.2, 0.25) is 0 Å². The van der Waals surface area contributed by atoms with Crippen molar-refractivity contribution in [2.75, 3.05) is 26.7 Å². The van der Waals surface area contributed by atoms with Crippen molar-refractivity contribution in [1.82, 2.24) is 10.2 Å². The minimum absolute atomic E-state index is 0.279. The Kier molecular flexibility index (Phi) is 6.50. The van der Waals surface area contributed by atoms with Gasteiger partial charge >= 0.3 is 0 Å². The molecule has 102 valence electrons. The number of rotatable bonds is 8. The van der Waals surface area contributed by atoms with E-state index in [2.05, 4.69) is 38.0 Å². The highest BCUT2D eigenvalue weighted by Crippen LogP contribution is 2.26. The van der Waals surface area contributed by atoms with Crippen molar-refractivity contribution in [2.24, 2.45) is 5.92 Å². The zero-order chi connectivity index (χ0) is 12.7. The van der Waals surface area contributed by atoms with Gasteiger partial charge < -0.3 is 10.2 Å². The van der Waals surface area contributed by atoms with Gasteiger partial charge in [-0.2, -0.15) is 0 Å². The maximum atomic E-state index is 3.55. The van der Waals surface area contributed by atoms with Crippen LogP contribution in [0, 0.1) is 5.92 Å². The molecule has 0 saturated heterocycles. The maximum Gasteiger partial charge on any atom is 0.00965 e. The SMILES string of the molecule is CN(CCCCCNC(C)(C)C)CC1CCC1. The molecule has 17 heavy (non-hydrogen) atoms. The molecule has 0 amide bonds. The van der Waals surface area contributed by atoms with Gasteiger partial charge in [-0.15, -0.1) is 0 Å². The molecule has 2 heteroatoms. The van der Waals surface area contributed by atoms with Crippen LogP contribution >= 0.6 is 0 Å². The average molecular weight is 240 g/mol. The lowest BCUT2D eigenvalue weighted by Crippen LogP contribution is -2.36. The predicted molar refractivity (Wildman–Crippen MR) is 76.4 cm³/mol. The van der Waals surface area contributed by atoms with E-state index in [-0.39, 0.29) is 5.54 Å². The summed E-state index contributed by atoms with van der Waals surface area (Å²) in [6.45, 7) is 10.5. The molecule has 1 aliphatic carbocycles. The van der Waals surface area contributed by atoms with Gasteiger partial charge in [-0.25, -0.2) is 0 Å². The predicted octanol–water partition coefficient (Wildman–Crippen LogP) is 3.28. The van der Waals surface area contributed by atoms with Crippen LogP contribution in [0.4, 0.5) is 0 Å². The highest BCUT2D eigenvalue weighted by Gasteiger charge is 2.18. The van der Waals surface area contributed by atoms with Crippen LogP contribution in [0.3, 0.4) is 0 Å². The van der Waals surface area contributed by atoms with E-state index in [0.717, 1.165) is 12.5 Å². The summed E-state index contributed by atoms with van der Waals surface area (Å²) in [6, 6.07) is 0. The smallest absolute Gasteiger partial charge is 0.00965 e. The third-order valence-corrected chi connectivity index (χ3v) is 3.67. The Balaban J connectivity index is 1.86. The first-order valence-electron chi connectivity index (χ1n) is 7.41. The Bertz CT molecular complexity index is 192. The van der Waals surface area contributed by atoms with Gasteiger partial charge in [0, 0.05) is 12.1 Å². The van der Waals surface area contributed by atoms with Gasteiger partial charge in [-0.3, -0.25) is 0 Å². The molecule has 0 aromatic rings. The molecule has 0 heterocycles. The lowest BCUT2D eigenvalue weighted by Gasteiger charge is -2.30. The summed E-state index contributed by atoms with van der Waals surface area (Å²) in [5.41, 5.74) is 0.279. The molecule has 1 aliphatic rings. The fourth-order valence-corrected chi connectivity index (χ4v) is 2.35. The van der Waals surface area contributed by atoms with Crippen LogP contribution in [-0.2, 0) is 0 Å². The third kappa shape index (κ3) is 7.77. The molecule has 2 nitrogen and oxygen atoms in total. The molecule has 1 saturated carbocycles. The van der Waals surface area contributed by atoms with Crippen molar-refractivity contribution in [2.45, 2.75) is 64.8 Å². The second-order valence-electron chi connectivity index (χ2n) is 6.80. The molecule has 0 bridgehead atoms. The molecule has 0 aromatic carbocycles. The topological polar surface area (TPSA) is 15.3 Å². The van der Waals surface area contributed by atoms with E-state index in [1.54, 1.807) is 0 Å². The summed E-state index contributed by atoms with van der Waals surface area (Å²) < 4.78 is 0. The van der Waals surface area contributed by atoms with Gasteiger partial charge in [-0.05, 0) is 72.5 Å². The van der Waals surface area contributed by atoms with Gasteiger partial charge in [0.05, 0.1) is 0 Å². The lowest BCUT2D eigenvalue weighted by atomic mass is 9.85. The van der Waals surface area contributed by atoms with Crippen molar-refractivity contribution in [3.05, 3.63) is 0 Å². The Morgan fingerprint density at radius 2 is 1.82 bits per heavy atom. The summed E-state index contributed by atoms with van der Waals surface area (Å²) in [7, 11) is 2.28. The summed E-state index contributed by atoms with van der Waals surface area (Å²) >= 11 is 0. The summed E-state index contributed by atoms with van der Waals surface area (Å²) in [6.07, 6.45) is 8.44. The standard InChI is InChI=1S/C15H32N2/c1-15(2,3)16-11-6-5-7-12-17(4)13-14-9-8-10-14/h14,16H,5-13H2,1-4H3. The van der Waals surface area contributed by atoms with Crippen molar-refractivity contribution in [1.29, 1.82) is 0 Å². The Hall–Kier alpha value is -0.0800.